The van der Waals surface area contributed by atoms with Gasteiger partial charge in [0.05, 0.1) is 0 Å². The van der Waals surface area contributed by atoms with Crippen molar-refractivity contribution in [3.8, 4) is 0 Å². The van der Waals surface area contributed by atoms with Gasteiger partial charge in [-0.3, -0.25) is 4.55 Å². The molecule has 0 aromatic rings. The fourth-order valence-electron chi connectivity index (χ4n) is 3.18. The molecule has 0 saturated heterocycles. The second-order valence-electron chi connectivity index (χ2n) is 8.95. The maximum absolute atomic E-state index is 14.2. The maximum atomic E-state index is 14.2. The quantitative estimate of drug-likeness (QED) is 0.0395. The van der Waals surface area contributed by atoms with E-state index in [0.29, 0.717) is 0 Å². The van der Waals surface area contributed by atoms with E-state index in [1.165, 1.54) is 0 Å². The summed E-state index contributed by atoms with van der Waals surface area (Å²) in [5.41, 5.74) is 0. The second-order valence-corrected chi connectivity index (χ2v) is 11.2. The first-order valence-electron chi connectivity index (χ1n) is 11.4. The maximum Gasteiger partial charge on any atom is 0.460 e. The fourth-order valence-corrected chi connectivity index (χ4v) is 3.78. The van der Waals surface area contributed by atoms with Crippen molar-refractivity contribution in [3.05, 3.63) is 0 Å². The molecule has 0 bridgehead atoms. The predicted octanol–water partition coefficient (Wildman–Crippen LogP) is 8.42. The molecule has 0 radical (unpaired) electrons. The standard InChI is InChI=1S/C18H22F16O8S2/c1-3-9(7-11(19,20)13(23,24)39-15(27,28)17(31,32)43-42-41-35)5-6-10(4-2)8-12(21,22)14(25,26)40-16(29,30)18(33,34)44(36,37)38/h9-10,35H,3-8H2,1-2H3,(H,36,37,38). The highest BCUT2D eigenvalue weighted by atomic mass is 32.2. The highest BCUT2D eigenvalue weighted by Gasteiger charge is 2.74. The number of ether oxygens (including phenoxy) is 2. The van der Waals surface area contributed by atoms with Gasteiger partial charge in [-0.15, -0.1) is 4.33 Å². The van der Waals surface area contributed by atoms with Gasteiger partial charge in [0.2, 0.25) is 0 Å². The van der Waals surface area contributed by atoms with Crippen molar-refractivity contribution in [1.82, 2.24) is 0 Å². The first-order valence-corrected chi connectivity index (χ1v) is 13.5. The van der Waals surface area contributed by atoms with Gasteiger partial charge in [-0.05, 0) is 24.7 Å². The molecule has 0 aliphatic heterocycles. The molecule has 2 N–H and O–H groups in total. The lowest BCUT2D eigenvalue weighted by Crippen LogP contribution is -2.56. The molecule has 44 heavy (non-hydrogen) atoms. The number of hydrogen-bond acceptors (Lipinski definition) is 8. The Labute approximate surface area is 241 Å². The number of halogens is 16. The molecule has 2 unspecified atom stereocenters. The van der Waals surface area contributed by atoms with Crippen LogP contribution in [0.4, 0.5) is 70.2 Å². The molecular weight excluding hydrogens is 712 g/mol. The Morgan fingerprint density at radius 2 is 0.977 bits per heavy atom. The van der Waals surface area contributed by atoms with Gasteiger partial charge in [0.1, 0.15) is 12.0 Å². The van der Waals surface area contributed by atoms with Crippen LogP contribution in [0.3, 0.4) is 0 Å². The Bertz CT molecular complexity index is 1030. The third-order valence-electron chi connectivity index (χ3n) is 5.76. The van der Waals surface area contributed by atoms with Crippen LogP contribution in [-0.2, 0) is 29.0 Å². The normalized spacial score (nSPS) is 16.7. The van der Waals surface area contributed by atoms with Crippen LogP contribution < -0.4 is 0 Å². The summed E-state index contributed by atoms with van der Waals surface area (Å²) in [6, 6.07) is 0. The molecule has 0 aromatic heterocycles. The van der Waals surface area contributed by atoms with E-state index in [2.05, 4.69) is 18.8 Å². The highest BCUT2D eigenvalue weighted by Crippen LogP contribution is 2.52. The van der Waals surface area contributed by atoms with Crippen LogP contribution in [0, 0.1) is 11.8 Å². The fraction of sp³-hybridized carbons (Fsp3) is 1.00. The minimum Gasteiger partial charge on any atom is -0.281 e. The molecule has 2 atom stereocenters. The number of rotatable bonds is 21. The first kappa shape index (κ1) is 42.9. The molecule has 0 aliphatic carbocycles. The minimum atomic E-state index is -7.18. The molecular formula is C18H22F16O8S2. The van der Waals surface area contributed by atoms with Crippen molar-refractivity contribution in [2.45, 2.75) is 99.2 Å². The summed E-state index contributed by atoms with van der Waals surface area (Å²) >= 11 is -1.82. The van der Waals surface area contributed by atoms with Crippen LogP contribution in [0.15, 0.2) is 0 Å². The van der Waals surface area contributed by atoms with Crippen molar-refractivity contribution >= 4 is 22.2 Å². The van der Waals surface area contributed by atoms with Gasteiger partial charge < -0.3 is 0 Å². The van der Waals surface area contributed by atoms with Gasteiger partial charge in [0, 0.05) is 12.8 Å². The SMILES string of the molecule is CCC(CCC(CC)CC(F)(F)C(F)(F)OC(F)(F)C(F)(F)S(=O)(=O)O)CC(F)(F)C(F)(F)OC(F)(F)C(F)(F)SOOO. The predicted molar refractivity (Wildman–Crippen MR) is 112 cm³/mol. The van der Waals surface area contributed by atoms with E-state index in [1.54, 1.807) is 0 Å². The van der Waals surface area contributed by atoms with E-state index >= 15 is 0 Å². The first-order chi connectivity index (χ1) is 19.3. The lowest BCUT2D eigenvalue weighted by atomic mass is 9.86. The minimum absolute atomic E-state index is 0.585. The Balaban J connectivity index is 5.69. The van der Waals surface area contributed by atoms with Crippen LogP contribution in [0.1, 0.15) is 52.4 Å². The van der Waals surface area contributed by atoms with E-state index < -0.39 is 119 Å². The number of alkyl halides is 16. The van der Waals surface area contributed by atoms with Crippen LogP contribution in [0.25, 0.3) is 0 Å². The second kappa shape index (κ2) is 14.4. The molecule has 8 nitrogen and oxygen atoms in total. The average Bonchev–Trinajstić information content (AvgIpc) is 2.81. The largest absolute Gasteiger partial charge is 0.460 e. The summed E-state index contributed by atoms with van der Waals surface area (Å²) in [5, 5.41) is -2.45. The monoisotopic (exact) mass is 734 g/mol. The topological polar surface area (TPSA) is 112 Å². The summed E-state index contributed by atoms with van der Waals surface area (Å²) in [5.74, 6) is -15.1. The zero-order chi connectivity index (χ0) is 35.4. The molecule has 0 aliphatic rings. The van der Waals surface area contributed by atoms with Gasteiger partial charge in [0.25, 0.3) is 0 Å². The Hall–Kier alpha value is -1.06. The van der Waals surface area contributed by atoms with Crippen molar-refractivity contribution in [2.75, 3.05) is 0 Å². The van der Waals surface area contributed by atoms with Crippen molar-refractivity contribution < 1.29 is 107 Å². The highest BCUT2D eigenvalue weighted by molar-refractivity contribution is 7.95. The van der Waals surface area contributed by atoms with E-state index in [-0.39, 0.29) is 0 Å². The van der Waals surface area contributed by atoms with Gasteiger partial charge in [-0.25, -0.2) is 14.7 Å². The lowest BCUT2D eigenvalue weighted by molar-refractivity contribution is -0.461. The third-order valence-corrected chi connectivity index (χ3v) is 7.22. The van der Waals surface area contributed by atoms with E-state index in [1.807, 2.05) is 0 Å². The van der Waals surface area contributed by atoms with E-state index in [4.69, 9.17) is 9.81 Å². The third kappa shape index (κ3) is 10.2. The smallest absolute Gasteiger partial charge is 0.281 e. The summed E-state index contributed by atoms with van der Waals surface area (Å²) in [6.07, 6.45) is -33.6. The molecule has 0 fully saturated rings. The lowest BCUT2D eigenvalue weighted by Gasteiger charge is -2.34. The van der Waals surface area contributed by atoms with Gasteiger partial charge >= 0.3 is 56.9 Å². The summed E-state index contributed by atoms with van der Waals surface area (Å²) in [7, 11) is -7.18. The van der Waals surface area contributed by atoms with Gasteiger partial charge in [0.15, 0.2) is 0 Å². The molecule has 0 rings (SSSR count). The van der Waals surface area contributed by atoms with Crippen molar-refractivity contribution in [1.29, 1.82) is 0 Å². The molecule has 0 amide bonds. The molecule has 0 heterocycles. The zero-order valence-corrected chi connectivity index (χ0v) is 23.2. The molecule has 0 saturated carbocycles. The van der Waals surface area contributed by atoms with Gasteiger partial charge in [-0.1, -0.05) is 31.7 Å². The Kier molecular flexibility index (Phi) is 14.0. The van der Waals surface area contributed by atoms with Crippen LogP contribution in [0.5, 0.6) is 0 Å². The summed E-state index contributed by atoms with van der Waals surface area (Å²) in [6.45, 7) is 1.98. The Morgan fingerprint density at radius 1 is 0.636 bits per heavy atom. The molecule has 0 spiro atoms. The van der Waals surface area contributed by atoms with Crippen LogP contribution in [0.2, 0.25) is 0 Å². The van der Waals surface area contributed by atoms with E-state index in [0.717, 1.165) is 13.8 Å². The molecule has 26 heteroatoms. The molecule has 0 aromatic carbocycles. The molecule has 266 valence electrons. The zero-order valence-electron chi connectivity index (χ0n) is 21.6. The van der Waals surface area contributed by atoms with Gasteiger partial charge in [-0.2, -0.15) is 78.7 Å². The van der Waals surface area contributed by atoms with Crippen LogP contribution >= 0.6 is 12.0 Å². The Morgan fingerprint density at radius 3 is 1.27 bits per heavy atom. The average molecular weight is 734 g/mol. The number of hydrogen-bond donors (Lipinski definition) is 2. The van der Waals surface area contributed by atoms with Crippen molar-refractivity contribution in [3.63, 3.8) is 0 Å². The summed E-state index contributed by atoms with van der Waals surface area (Å²) in [4.78, 5) is 0. The summed E-state index contributed by atoms with van der Waals surface area (Å²) < 4.78 is 255. The van der Waals surface area contributed by atoms with Crippen LogP contribution in [-0.4, -0.2) is 65.0 Å². The van der Waals surface area contributed by atoms with Crippen molar-refractivity contribution in [2.24, 2.45) is 11.8 Å². The van der Waals surface area contributed by atoms with E-state index in [9.17, 15) is 78.7 Å².